The van der Waals surface area contributed by atoms with Gasteiger partial charge in [-0.1, -0.05) is 51.1 Å². The van der Waals surface area contributed by atoms with Crippen molar-refractivity contribution in [3.63, 3.8) is 0 Å². The molecule has 1 aromatic rings. The first kappa shape index (κ1) is 37.5. The second-order valence-electron chi connectivity index (χ2n) is 11.2. The molecule has 4 atom stereocenters. The SMILES string of the molecule is CC1(C)S[C@@H]2[C@H](NC(=O)[C@H](N)c3ccccc3)C(=O)N2[C@H]1C(=O)O.CCCC(=O)OCC(COC(=O)CCC)OC(=O)CCC. The highest BCUT2D eigenvalue weighted by molar-refractivity contribution is 8.01. The van der Waals surface area contributed by atoms with Gasteiger partial charge in [0.25, 0.3) is 0 Å². The number of hydrogen-bond donors (Lipinski definition) is 3. The molecule has 13 nitrogen and oxygen atoms in total. The summed E-state index contributed by atoms with van der Waals surface area (Å²) in [7, 11) is 0. The van der Waals surface area contributed by atoms with E-state index in [2.05, 4.69) is 5.32 Å². The number of ether oxygens (including phenoxy) is 3. The van der Waals surface area contributed by atoms with Gasteiger partial charge in [-0.25, -0.2) is 4.79 Å². The molecule has 45 heavy (non-hydrogen) atoms. The predicted molar refractivity (Wildman–Crippen MR) is 166 cm³/mol. The monoisotopic (exact) mass is 651 g/mol. The zero-order valence-electron chi connectivity index (χ0n) is 26.5. The van der Waals surface area contributed by atoms with Gasteiger partial charge >= 0.3 is 23.9 Å². The van der Waals surface area contributed by atoms with E-state index in [1.165, 1.54) is 16.7 Å². The van der Waals surface area contributed by atoms with Crippen LogP contribution in [0.15, 0.2) is 30.3 Å². The van der Waals surface area contributed by atoms with Gasteiger partial charge in [0, 0.05) is 24.0 Å². The second kappa shape index (κ2) is 17.7. The smallest absolute Gasteiger partial charge is 0.327 e. The Kier molecular flexibility index (Phi) is 14.8. The third-order valence-electron chi connectivity index (χ3n) is 6.93. The molecule has 0 aromatic heterocycles. The number of esters is 3. The largest absolute Gasteiger partial charge is 0.480 e. The second-order valence-corrected chi connectivity index (χ2v) is 13.0. The zero-order valence-corrected chi connectivity index (χ0v) is 27.3. The molecule has 0 aliphatic carbocycles. The maximum atomic E-state index is 12.3. The van der Waals surface area contributed by atoms with Crippen LogP contribution in [0.2, 0.25) is 0 Å². The fraction of sp³-hybridized carbons (Fsp3) is 0.613. The molecule has 4 N–H and O–H groups in total. The normalized spacial score (nSPS) is 20.1. The number of nitrogens with one attached hydrogen (secondary N) is 1. The van der Waals surface area contributed by atoms with Crippen LogP contribution in [0.3, 0.4) is 0 Å². The third-order valence-corrected chi connectivity index (χ3v) is 8.51. The van der Waals surface area contributed by atoms with E-state index >= 15 is 0 Å². The molecule has 2 aliphatic heterocycles. The highest BCUT2D eigenvalue weighted by atomic mass is 32.2. The molecular formula is C31H45N3O10S. The molecule has 2 aliphatic rings. The van der Waals surface area contributed by atoms with Gasteiger partial charge in [0.1, 0.15) is 36.7 Å². The van der Waals surface area contributed by atoms with E-state index in [0.29, 0.717) is 37.7 Å². The van der Waals surface area contributed by atoms with Crippen LogP contribution in [0.4, 0.5) is 0 Å². The Labute approximate surface area is 267 Å². The van der Waals surface area contributed by atoms with Crippen molar-refractivity contribution in [2.75, 3.05) is 13.2 Å². The number of nitrogens with two attached hydrogens (primary N) is 1. The van der Waals surface area contributed by atoms with Gasteiger partial charge in [0.05, 0.1) is 0 Å². The van der Waals surface area contributed by atoms with Gasteiger partial charge in [0.15, 0.2) is 6.10 Å². The standard InChI is InChI=1S/C16H19N3O4S.C15H26O6/c1-16(2)11(15(22)23)19-13(21)10(14(19)24-16)18-12(20)9(17)8-6-4-3-5-7-8;1-4-7-13(16)19-10-12(21-15(18)9-6-3)11-20-14(17)8-5-2/h3-7,9-11,14H,17H2,1-2H3,(H,18,20)(H,22,23);12H,4-11H2,1-3H3/t9-,10-,11+,14-;/m1./s1. The number of fused-ring (bicyclic) bond motifs is 1. The van der Waals surface area contributed by atoms with E-state index in [0.717, 1.165) is 0 Å². The van der Waals surface area contributed by atoms with Gasteiger partial charge in [-0.3, -0.25) is 24.0 Å². The van der Waals surface area contributed by atoms with Gasteiger partial charge in [-0.2, -0.15) is 0 Å². The molecule has 0 unspecified atom stereocenters. The van der Waals surface area contributed by atoms with Crippen molar-refractivity contribution in [2.24, 2.45) is 5.73 Å². The van der Waals surface area contributed by atoms with E-state index in [1.54, 1.807) is 38.1 Å². The fourth-order valence-electron chi connectivity index (χ4n) is 4.69. The summed E-state index contributed by atoms with van der Waals surface area (Å²) in [5, 5.41) is 11.7. The Morgan fingerprint density at radius 1 is 0.933 bits per heavy atom. The molecule has 1 aromatic carbocycles. The molecular weight excluding hydrogens is 606 g/mol. The van der Waals surface area contributed by atoms with Gasteiger partial charge in [-0.15, -0.1) is 11.8 Å². The van der Waals surface area contributed by atoms with Crippen molar-refractivity contribution in [3.8, 4) is 0 Å². The average Bonchev–Trinajstić information content (AvgIpc) is 3.25. The highest BCUT2D eigenvalue weighted by Gasteiger charge is 2.64. The van der Waals surface area contributed by atoms with Crippen LogP contribution < -0.4 is 11.1 Å². The Bertz CT molecular complexity index is 1170. The predicted octanol–water partition coefficient (Wildman–Crippen LogP) is 2.70. The Morgan fingerprint density at radius 3 is 1.93 bits per heavy atom. The number of carboxylic acid groups (broad SMARTS) is 1. The maximum absolute atomic E-state index is 12.3. The number of β-lactam (4-membered cyclic amide) rings is 1. The molecule has 0 bridgehead atoms. The Hall–Kier alpha value is -3.65. The summed E-state index contributed by atoms with van der Waals surface area (Å²) >= 11 is 1.38. The van der Waals surface area contributed by atoms with Crippen molar-refractivity contribution in [1.29, 1.82) is 0 Å². The minimum Gasteiger partial charge on any atom is -0.480 e. The number of rotatable bonds is 15. The molecule has 14 heteroatoms. The average molecular weight is 652 g/mol. The quantitative estimate of drug-likeness (QED) is 0.143. The first-order valence-corrected chi connectivity index (χ1v) is 16.0. The van der Waals surface area contributed by atoms with Crippen LogP contribution in [-0.4, -0.2) is 87.2 Å². The number of aliphatic carboxylic acids is 1. The van der Waals surface area contributed by atoms with Crippen LogP contribution in [0.1, 0.15) is 84.7 Å². The molecule has 3 rings (SSSR count). The van der Waals surface area contributed by atoms with Crippen LogP contribution in [0.25, 0.3) is 0 Å². The summed E-state index contributed by atoms with van der Waals surface area (Å²) in [6, 6.07) is 6.38. The number of nitrogens with zero attached hydrogens (tertiary/aromatic N) is 1. The summed E-state index contributed by atoms with van der Waals surface area (Å²) in [5.41, 5.74) is 6.59. The maximum Gasteiger partial charge on any atom is 0.327 e. The highest BCUT2D eigenvalue weighted by Crippen LogP contribution is 2.50. The van der Waals surface area contributed by atoms with Crippen LogP contribution in [-0.2, 0) is 43.0 Å². The molecule has 0 radical (unpaired) electrons. The summed E-state index contributed by atoms with van der Waals surface area (Å²) < 4.78 is 14.6. The number of thioether (sulfide) groups is 1. The summed E-state index contributed by atoms with van der Waals surface area (Å²) in [6.45, 7) is 8.99. The topological polar surface area (TPSA) is 192 Å². The Balaban J connectivity index is 0.000000318. The lowest BCUT2D eigenvalue weighted by Gasteiger charge is -2.43. The van der Waals surface area contributed by atoms with Crippen molar-refractivity contribution in [3.05, 3.63) is 35.9 Å². The minimum atomic E-state index is -1.03. The first-order chi connectivity index (χ1) is 21.3. The zero-order chi connectivity index (χ0) is 33.7. The van der Waals surface area contributed by atoms with E-state index in [9.17, 15) is 33.9 Å². The lowest BCUT2D eigenvalue weighted by atomic mass is 9.95. The summed E-state index contributed by atoms with van der Waals surface area (Å²) in [5.74, 6) is -2.95. The van der Waals surface area contributed by atoms with Crippen LogP contribution in [0.5, 0.6) is 0 Å². The molecule has 250 valence electrons. The van der Waals surface area contributed by atoms with Crippen LogP contribution >= 0.6 is 11.8 Å². The number of carboxylic acids is 1. The lowest BCUT2D eigenvalue weighted by Crippen LogP contribution is -2.71. The van der Waals surface area contributed by atoms with E-state index in [-0.39, 0.29) is 48.8 Å². The molecule has 0 spiro atoms. The van der Waals surface area contributed by atoms with E-state index < -0.39 is 40.9 Å². The first-order valence-electron chi connectivity index (χ1n) is 15.1. The van der Waals surface area contributed by atoms with E-state index in [1.807, 2.05) is 26.8 Å². The molecule has 2 saturated heterocycles. The number of amides is 2. The van der Waals surface area contributed by atoms with E-state index in [4.69, 9.17) is 19.9 Å². The van der Waals surface area contributed by atoms with Gasteiger partial charge in [0.2, 0.25) is 11.8 Å². The lowest BCUT2D eigenvalue weighted by molar-refractivity contribution is -0.166. The van der Waals surface area contributed by atoms with Crippen molar-refractivity contribution in [2.45, 2.75) is 107 Å². The van der Waals surface area contributed by atoms with Crippen molar-refractivity contribution in [1.82, 2.24) is 10.2 Å². The van der Waals surface area contributed by atoms with Crippen LogP contribution in [0, 0.1) is 0 Å². The number of hydrogen-bond acceptors (Lipinski definition) is 11. The molecule has 2 amide bonds. The molecule has 2 heterocycles. The summed E-state index contributed by atoms with van der Waals surface area (Å²) in [6.07, 6.45) is 2.19. The number of benzene rings is 1. The number of carbonyl (C=O) groups is 6. The summed E-state index contributed by atoms with van der Waals surface area (Å²) in [4.78, 5) is 71.6. The van der Waals surface area contributed by atoms with Gasteiger partial charge < -0.3 is 35.3 Å². The third kappa shape index (κ3) is 10.7. The molecule has 0 saturated carbocycles. The fourth-order valence-corrected chi connectivity index (χ4v) is 6.32. The van der Waals surface area contributed by atoms with Gasteiger partial charge in [-0.05, 0) is 38.7 Å². The van der Waals surface area contributed by atoms with Crippen molar-refractivity contribution >= 4 is 47.5 Å². The molecule has 2 fully saturated rings. The van der Waals surface area contributed by atoms with Crippen molar-refractivity contribution < 1.29 is 48.1 Å². The number of carbonyl (C=O) groups excluding carboxylic acids is 5. The Morgan fingerprint density at radius 2 is 1.44 bits per heavy atom. The minimum absolute atomic E-state index is 0.0896.